The van der Waals surface area contributed by atoms with E-state index < -0.39 is 5.97 Å². The lowest BCUT2D eigenvalue weighted by Gasteiger charge is -2.26. The van der Waals surface area contributed by atoms with E-state index in [-0.39, 0.29) is 23.3 Å². The number of aliphatic carboxylic acids is 1. The number of carboxylic acids is 1. The molecule has 0 aromatic carbocycles. The molecule has 0 bridgehead atoms. The first-order chi connectivity index (χ1) is 6.63. The van der Waals surface area contributed by atoms with Gasteiger partial charge in [0.2, 0.25) is 0 Å². The summed E-state index contributed by atoms with van der Waals surface area (Å²) in [4.78, 5) is 21.6. The van der Waals surface area contributed by atoms with Crippen LogP contribution in [-0.4, -0.2) is 28.5 Å². The normalized spacial score (nSPS) is 26.9. The van der Waals surface area contributed by atoms with Gasteiger partial charge in [-0.15, -0.1) is 0 Å². The number of ether oxygens (including phenoxy) is 1. The zero-order valence-corrected chi connectivity index (χ0v) is 9.33. The molecule has 1 rings (SSSR count). The Morgan fingerprint density at radius 1 is 1.43 bits per heavy atom. The number of carbonyl (C=O) groups is 2. The van der Waals surface area contributed by atoms with Crippen molar-refractivity contribution < 1.29 is 19.4 Å². The Morgan fingerprint density at radius 3 is 2.71 bits per heavy atom. The van der Waals surface area contributed by atoms with Crippen LogP contribution in [-0.2, 0) is 14.3 Å². The fraction of sp³-hybridized carbons (Fsp3) is 0.778. The van der Waals surface area contributed by atoms with Crippen LogP contribution in [0.2, 0.25) is 0 Å². The molecule has 2 atom stereocenters. The van der Waals surface area contributed by atoms with Crippen molar-refractivity contribution in [3.8, 4) is 0 Å². The number of alkyl halides is 1. The molecule has 1 saturated carbocycles. The van der Waals surface area contributed by atoms with E-state index in [1.165, 1.54) is 0 Å². The van der Waals surface area contributed by atoms with Gasteiger partial charge in [-0.3, -0.25) is 9.59 Å². The highest BCUT2D eigenvalue weighted by molar-refractivity contribution is 9.09. The molecule has 0 radical (unpaired) electrons. The largest absolute Gasteiger partial charge is 0.481 e. The van der Waals surface area contributed by atoms with E-state index >= 15 is 0 Å². The summed E-state index contributed by atoms with van der Waals surface area (Å²) in [6.07, 6.45) is 2.53. The number of carboxylic acid groups (broad SMARTS) is 1. The maximum absolute atomic E-state index is 10.9. The van der Waals surface area contributed by atoms with Crippen LogP contribution >= 0.6 is 15.9 Å². The molecular formula is C9H13BrO4. The number of esters is 1. The van der Waals surface area contributed by atoms with E-state index in [1.54, 1.807) is 0 Å². The van der Waals surface area contributed by atoms with E-state index in [1.807, 2.05) is 0 Å². The van der Waals surface area contributed by atoms with Crippen molar-refractivity contribution in [2.45, 2.75) is 31.8 Å². The molecule has 80 valence electrons. The molecule has 5 heteroatoms. The van der Waals surface area contributed by atoms with Crippen LogP contribution in [0, 0.1) is 5.92 Å². The maximum atomic E-state index is 10.9. The molecule has 0 spiro atoms. The molecule has 0 saturated heterocycles. The summed E-state index contributed by atoms with van der Waals surface area (Å²) in [5, 5.41) is 8.97. The molecule has 2 unspecified atom stereocenters. The Bertz CT molecular complexity index is 229. The first-order valence-corrected chi connectivity index (χ1v) is 5.74. The second kappa shape index (κ2) is 5.34. The van der Waals surface area contributed by atoms with Gasteiger partial charge in [-0.1, -0.05) is 15.9 Å². The third-order valence-corrected chi connectivity index (χ3v) is 2.84. The molecule has 0 amide bonds. The number of hydrogen-bond acceptors (Lipinski definition) is 3. The van der Waals surface area contributed by atoms with Crippen molar-refractivity contribution in [2.24, 2.45) is 5.92 Å². The van der Waals surface area contributed by atoms with Crippen molar-refractivity contribution in [1.29, 1.82) is 0 Å². The van der Waals surface area contributed by atoms with Gasteiger partial charge in [0.15, 0.2) is 0 Å². The predicted molar refractivity (Wildman–Crippen MR) is 53.3 cm³/mol. The van der Waals surface area contributed by atoms with E-state index in [0.717, 1.165) is 12.8 Å². The van der Waals surface area contributed by atoms with Crippen molar-refractivity contribution in [3.05, 3.63) is 0 Å². The van der Waals surface area contributed by atoms with E-state index in [2.05, 4.69) is 15.9 Å². The van der Waals surface area contributed by atoms with Gasteiger partial charge in [0.1, 0.15) is 11.4 Å². The lowest BCUT2D eigenvalue weighted by atomic mass is 9.87. The van der Waals surface area contributed by atoms with E-state index in [9.17, 15) is 9.59 Å². The fourth-order valence-corrected chi connectivity index (χ4v) is 1.83. The second-order valence-electron chi connectivity index (χ2n) is 3.45. The Balaban J connectivity index is 2.40. The lowest BCUT2D eigenvalue weighted by Crippen LogP contribution is -2.29. The summed E-state index contributed by atoms with van der Waals surface area (Å²) in [6, 6.07) is 0. The van der Waals surface area contributed by atoms with Crippen molar-refractivity contribution >= 4 is 27.9 Å². The third-order valence-electron chi connectivity index (χ3n) is 2.38. The average Bonchev–Trinajstić information content (AvgIpc) is 2.18. The highest BCUT2D eigenvalue weighted by atomic mass is 79.9. The van der Waals surface area contributed by atoms with E-state index in [0.29, 0.717) is 12.8 Å². The molecule has 0 aromatic rings. The Hall–Kier alpha value is -0.580. The summed E-state index contributed by atoms with van der Waals surface area (Å²) in [7, 11) is 0. The van der Waals surface area contributed by atoms with Gasteiger partial charge in [0.05, 0.1) is 5.92 Å². The van der Waals surface area contributed by atoms with Crippen LogP contribution < -0.4 is 0 Å². The minimum atomic E-state index is -0.787. The van der Waals surface area contributed by atoms with Crippen LogP contribution in [0.5, 0.6) is 0 Å². The Labute approximate surface area is 90.8 Å². The number of halogens is 1. The molecule has 4 nitrogen and oxygen atoms in total. The first-order valence-electron chi connectivity index (χ1n) is 4.61. The molecule has 1 N–H and O–H groups in total. The zero-order chi connectivity index (χ0) is 10.6. The lowest BCUT2D eigenvalue weighted by molar-refractivity contribution is -0.153. The first kappa shape index (κ1) is 11.5. The minimum Gasteiger partial charge on any atom is -0.481 e. The Kier molecular flexibility index (Phi) is 4.38. The average molecular weight is 265 g/mol. The standard InChI is InChI=1S/C9H13BrO4/c10-5-8(11)14-7-3-1-2-6(4-7)9(12)13/h6-7H,1-5H2,(H,12,13). The predicted octanol–water partition coefficient (Wildman–Crippen LogP) is 1.57. The fourth-order valence-electron chi connectivity index (χ4n) is 1.69. The summed E-state index contributed by atoms with van der Waals surface area (Å²) in [6.45, 7) is 0. The minimum absolute atomic E-state index is 0.168. The molecular weight excluding hydrogens is 252 g/mol. The van der Waals surface area contributed by atoms with Gasteiger partial charge < -0.3 is 9.84 Å². The van der Waals surface area contributed by atoms with Crippen LogP contribution in [0.15, 0.2) is 0 Å². The molecule has 0 aromatic heterocycles. The maximum Gasteiger partial charge on any atom is 0.316 e. The zero-order valence-electron chi connectivity index (χ0n) is 7.74. The summed E-state index contributed by atoms with van der Waals surface area (Å²) < 4.78 is 5.07. The smallest absolute Gasteiger partial charge is 0.316 e. The Morgan fingerprint density at radius 2 is 2.14 bits per heavy atom. The monoisotopic (exact) mass is 264 g/mol. The number of hydrogen-bond donors (Lipinski definition) is 1. The van der Waals surface area contributed by atoms with Gasteiger partial charge >= 0.3 is 11.9 Å². The summed E-state index contributed by atoms with van der Waals surface area (Å²) in [5.74, 6) is -1.46. The number of carbonyl (C=O) groups excluding carboxylic acids is 1. The molecule has 1 aliphatic carbocycles. The highest BCUT2D eigenvalue weighted by Gasteiger charge is 2.28. The van der Waals surface area contributed by atoms with Gasteiger partial charge in [0, 0.05) is 0 Å². The third kappa shape index (κ3) is 3.29. The van der Waals surface area contributed by atoms with Crippen molar-refractivity contribution in [1.82, 2.24) is 0 Å². The second-order valence-corrected chi connectivity index (χ2v) is 4.01. The topological polar surface area (TPSA) is 63.6 Å². The van der Waals surface area contributed by atoms with Crippen LogP contribution in [0.25, 0.3) is 0 Å². The molecule has 0 heterocycles. The van der Waals surface area contributed by atoms with Gasteiger partial charge in [-0.2, -0.15) is 0 Å². The quantitative estimate of drug-likeness (QED) is 0.621. The van der Waals surface area contributed by atoms with Crippen molar-refractivity contribution in [3.63, 3.8) is 0 Å². The van der Waals surface area contributed by atoms with Crippen LogP contribution in [0.3, 0.4) is 0 Å². The molecule has 1 fully saturated rings. The van der Waals surface area contributed by atoms with Gasteiger partial charge in [-0.25, -0.2) is 0 Å². The van der Waals surface area contributed by atoms with Gasteiger partial charge in [-0.05, 0) is 25.7 Å². The van der Waals surface area contributed by atoms with E-state index in [4.69, 9.17) is 9.84 Å². The molecule has 1 aliphatic rings. The highest BCUT2D eigenvalue weighted by Crippen LogP contribution is 2.26. The van der Waals surface area contributed by atoms with Crippen LogP contribution in [0.1, 0.15) is 25.7 Å². The molecule has 0 aliphatic heterocycles. The SMILES string of the molecule is O=C(CBr)OC1CCCC(C(=O)O)C1. The number of rotatable bonds is 3. The molecule has 14 heavy (non-hydrogen) atoms. The summed E-state index contributed by atoms with van der Waals surface area (Å²) in [5.41, 5.74) is 0. The summed E-state index contributed by atoms with van der Waals surface area (Å²) >= 11 is 2.99. The van der Waals surface area contributed by atoms with Gasteiger partial charge in [0.25, 0.3) is 0 Å². The van der Waals surface area contributed by atoms with Crippen LogP contribution in [0.4, 0.5) is 0 Å². The van der Waals surface area contributed by atoms with Crippen molar-refractivity contribution in [2.75, 3.05) is 5.33 Å².